The van der Waals surface area contributed by atoms with Gasteiger partial charge in [0.25, 0.3) is 0 Å². The fourth-order valence-electron chi connectivity index (χ4n) is 1.61. The van der Waals surface area contributed by atoms with E-state index < -0.39 is 0 Å². The molecule has 0 radical (unpaired) electrons. The molecule has 0 aliphatic heterocycles. The SMILES string of the molecule is CN(CC(=O)Cc1ccccc1)CC(=O)N(C)C. The van der Waals surface area contributed by atoms with Crippen LogP contribution in [0, 0.1) is 0 Å². The van der Waals surface area contributed by atoms with E-state index in [1.165, 1.54) is 4.90 Å². The molecule has 98 valence electrons. The fourth-order valence-corrected chi connectivity index (χ4v) is 1.61. The first kappa shape index (κ1) is 14.4. The molecule has 0 spiro atoms. The summed E-state index contributed by atoms with van der Waals surface area (Å²) in [5.74, 6) is 0.125. The van der Waals surface area contributed by atoms with E-state index in [0.717, 1.165) is 5.56 Å². The number of amides is 1. The van der Waals surface area contributed by atoms with E-state index in [-0.39, 0.29) is 18.2 Å². The molecule has 1 aromatic rings. The first-order valence-electron chi connectivity index (χ1n) is 5.93. The van der Waals surface area contributed by atoms with Gasteiger partial charge in [0, 0.05) is 20.5 Å². The second-order valence-corrected chi connectivity index (χ2v) is 4.66. The number of nitrogens with zero attached hydrogens (tertiary/aromatic N) is 2. The van der Waals surface area contributed by atoms with Crippen molar-refractivity contribution in [3.8, 4) is 0 Å². The highest BCUT2D eigenvalue weighted by molar-refractivity contribution is 5.84. The van der Waals surface area contributed by atoms with Crippen molar-refractivity contribution in [2.24, 2.45) is 0 Å². The lowest BCUT2D eigenvalue weighted by atomic mass is 10.1. The lowest BCUT2D eigenvalue weighted by molar-refractivity contribution is -0.130. The molecule has 0 aromatic heterocycles. The molecule has 0 N–H and O–H groups in total. The molecule has 0 unspecified atom stereocenters. The minimum atomic E-state index is 0.00464. The average Bonchev–Trinajstić information content (AvgIpc) is 2.29. The highest BCUT2D eigenvalue weighted by Gasteiger charge is 2.12. The second-order valence-electron chi connectivity index (χ2n) is 4.66. The van der Waals surface area contributed by atoms with E-state index in [1.54, 1.807) is 26.0 Å². The number of ketones is 1. The monoisotopic (exact) mass is 248 g/mol. The van der Waals surface area contributed by atoms with Crippen LogP contribution in [0.2, 0.25) is 0 Å². The van der Waals surface area contributed by atoms with Crippen LogP contribution in [0.5, 0.6) is 0 Å². The Bertz CT molecular complexity index is 402. The van der Waals surface area contributed by atoms with Gasteiger partial charge in [-0.25, -0.2) is 0 Å². The molecule has 0 saturated carbocycles. The van der Waals surface area contributed by atoms with Crippen LogP contribution >= 0.6 is 0 Å². The van der Waals surface area contributed by atoms with E-state index in [0.29, 0.717) is 13.0 Å². The maximum Gasteiger partial charge on any atom is 0.236 e. The highest BCUT2D eigenvalue weighted by atomic mass is 16.2. The molecule has 18 heavy (non-hydrogen) atoms. The number of carbonyl (C=O) groups excluding carboxylic acids is 2. The van der Waals surface area contributed by atoms with E-state index in [1.807, 2.05) is 30.3 Å². The summed E-state index contributed by atoms with van der Waals surface area (Å²) in [6.45, 7) is 0.571. The molecule has 0 aliphatic carbocycles. The summed E-state index contributed by atoms with van der Waals surface area (Å²) in [5, 5.41) is 0. The molecule has 1 aromatic carbocycles. The highest BCUT2D eigenvalue weighted by Crippen LogP contribution is 2.01. The Balaban J connectivity index is 2.38. The van der Waals surface area contributed by atoms with Crippen LogP contribution in [0.3, 0.4) is 0 Å². The summed E-state index contributed by atoms with van der Waals surface area (Å²) in [7, 11) is 5.20. The second kappa shape index (κ2) is 6.91. The van der Waals surface area contributed by atoms with Crippen molar-refractivity contribution in [1.82, 2.24) is 9.80 Å². The number of Topliss-reactive ketones (excluding diaryl/α,β-unsaturated/α-hetero) is 1. The number of hydrogen-bond acceptors (Lipinski definition) is 3. The molecule has 0 saturated heterocycles. The number of carbonyl (C=O) groups is 2. The third-order valence-corrected chi connectivity index (χ3v) is 2.59. The lowest BCUT2D eigenvalue weighted by Gasteiger charge is -2.18. The molecular formula is C14H20N2O2. The van der Waals surface area contributed by atoms with Crippen molar-refractivity contribution in [1.29, 1.82) is 0 Å². The van der Waals surface area contributed by atoms with Gasteiger partial charge >= 0.3 is 0 Å². The standard InChI is InChI=1S/C14H20N2O2/c1-15(2)14(18)11-16(3)10-13(17)9-12-7-5-4-6-8-12/h4-8H,9-11H2,1-3H3. The molecule has 4 nitrogen and oxygen atoms in total. The van der Waals surface area contributed by atoms with Crippen molar-refractivity contribution < 1.29 is 9.59 Å². The zero-order valence-corrected chi connectivity index (χ0v) is 11.2. The van der Waals surface area contributed by atoms with Crippen LogP contribution in [-0.2, 0) is 16.0 Å². The minimum absolute atomic E-state index is 0.00464. The Hall–Kier alpha value is -1.68. The van der Waals surface area contributed by atoms with Gasteiger partial charge in [0.2, 0.25) is 5.91 Å². The normalized spacial score (nSPS) is 10.4. The summed E-state index contributed by atoms with van der Waals surface area (Å²) >= 11 is 0. The summed E-state index contributed by atoms with van der Waals surface area (Å²) in [6.07, 6.45) is 0.418. The van der Waals surface area contributed by atoms with Gasteiger partial charge in [0.1, 0.15) is 0 Å². The van der Waals surface area contributed by atoms with E-state index in [4.69, 9.17) is 0 Å². The smallest absolute Gasteiger partial charge is 0.236 e. The third kappa shape index (κ3) is 5.10. The average molecular weight is 248 g/mol. The topological polar surface area (TPSA) is 40.6 Å². The Labute approximate surface area is 108 Å². The van der Waals surface area contributed by atoms with Gasteiger partial charge in [0.15, 0.2) is 5.78 Å². The van der Waals surface area contributed by atoms with Crippen molar-refractivity contribution in [3.05, 3.63) is 35.9 Å². The minimum Gasteiger partial charge on any atom is -0.348 e. The van der Waals surface area contributed by atoms with Crippen LogP contribution in [-0.4, -0.2) is 55.7 Å². The first-order valence-corrected chi connectivity index (χ1v) is 5.93. The summed E-state index contributed by atoms with van der Waals surface area (Å²) in [6, 6.07) is 9.63. The van der Waals surface area contributed by atoms with Gasteiger partial charge in [-0.3, -0.25) is 14.5 Å². The Morgan fingerprint density at radius 3 is 2.17 bits per heavy atom. The molecule has 1 amide bonds. The van der Waals surface area contributed by atoms with Gasteiger partial charge in [0.05, 0.1) is 13.1 Å². The molecule has 0 aliphatic rings. The van der Waals surface area contributed by atoms with Gasteiger partial charge in [-0.1, -0.05) is 30.3 Å². The molecule has 0 fully saturated rings. The molecular weight excluding hydrogens is 228 g/mol. The van der Waals surface area contributed by atoms with Gasteiger partial charge < -0.3 is 4.90 Å². The van der Waals surface area contributed by atoms with E-state index >= 15 is 0 Å². The van der Waals surface area contributed by atoms with Crippen molar-refractivity contribution in [2.45, 2.75) is 6.42 Å². The predicted octanol–water partition coefficient (Wildman–Crippen LogP) is 0.818. The Morgan fingerprint density at radius 2 is 1.61 bits per heavy atom. The first-order chi connectivity index (χ1) is 8.49. The molecule has 0 atom stereocenters. The number of hydrogen-bond donors (Lipinski definition) is 0. The molecule has 0 heterocycles. The van der Waals surface area contributed by atoms with Gasteiger partial charge in [-0.2, -0.15) is 0 Å². The summed E-state index contributed by atoms with van der Waals surface area (Å²) < 4.78 is 0. The molecule has 1 rings (SSSR count). The summed E-state index contributed by atoms with van der Waals surface area (Å²) in [4.78, 5) is 26.5. The lowest BCUT2D eigenvalue weighted by Crippen LogP contribution is -2.37. The van der Waals surface area contributed by atoms with Gasteiger partial charge in [-0.15, -0.1) is 0 Å². The van der Waals surface area contributed by atoms with Crippen molar-refractivity contribution in [3.63, 3.8) is 0 Å². The van der Waals surface area contributed by atoms with Crippen LogP contribution in [0.15, 0.2) is 30.3 Å². The van der Waals surface area contributed by atoms with E-state index in [2.05, 4.69) is 0 Å². The van der Waals surface area contributed by atoms with E-state index in [9.17, 15) is 9.59 Å². The molecule has 4 heteroatoms. The maximum atomic E-state index is 11.8. The zero-order chi connectivity index (χ0) is 13.5. The number of benzene rings is 1. The summed E-state index contributed by atoms with van der Waals surface area (Å²) in [5.41, 5.74) is 1.01. The van der Waals surface area contributed by atoms with Gasteiger partial charge in [-0.05, 0) is 12.6 Å². The quantitative estimate of drug-likeness (QED) is 0.748. The Morgan fingerprint density at radius 1 is 1.00 bits per heavy atom. The van der Waals surface area contributed by atoms with Crippen LogP contribution in [0.25, 0.3) is 0 Å². The van der Waals surface area contributed by atoms with Crippen molar-refractivity contribution >= 4 is 11.7 Å². The number of likely N-dealkylation sites (N-methyl/N-ethyl adjacent to an activating group) is 2. The van der Waals surface area contributed by atoms with Crippen LogP contribution in [0.1, 0.15) is 5.56 Å². The zero-order valence-electron chi connectivity index (χ0n) is 11.2. The third-order valence-electron chi connectivity index (χ3n) is 2.59. The predicted molar refractivity (Wildman–Crippen MR) is 71.3 cm³/mol. The van der Waals surface area contributed by atoms with Crippen LogP contribution in [0.4, 0.5) is 0 Å². The maximum absolute atomic E-state index is 11.8. The molecule has 0 bridgehead atoms. The number of rotatable bonds is 6. The Kier molecular flexibility index (Phi) is 5.52. The largest absolute Gasteiger partial charge is 0.348 e. The van der Waals surface area contributed by atoms with Crippen molar-refractivity contribution in [2.75, 3.05) is 34.2 Å². The fraction of sp³-hybridized carbons (Fsp3) is 0.429. The van der Waals surface area contributed by atoms with Crippen LogP contribution < -0.4 is 0 Å².